The molecule has 6 nitrogen and oxygen atoms in total. The van der Waals surface area contributed by atoms with Gasteiger partial charge >= 0.3 is 6.11 Å². The fraction of sp³-hybridized carbons (Fsp3) is 0.500. The van der Waals surface area contributed by atoms with Gasteiger partial charge in [-0.15, -0.1) is 0 Å². The molecule has 3 unspecified atom stereocenters. The fourth-order valence-corrected chi connectivity index (χ4v) is 2.58. The zero-order valence-corrected chi connectivity index (χ0v) is 15.0. The summed E-state index contributed by atoms with van der Waals surface area (Å²) in [6.07, 6.45) is 0.854. The van der Waals surface area contributed by atoms with Crippen LogP contribution in [-0.4, -0.2) is 43.0 Å². The first kappa shape index (κ1) is 20.7. The zero-order valence-electron chi connectivity index (χ0n) is 15.0. The van der Waals surface area contributed by atoms with E-state index in [2.05, 4.69) is 20.4 Å². The number of hydrogen-bond acceptors (Lipinski definition) is 4. The first-order valence-electron chi connectivity index (χ1n) is 8.58. The van der Waals surface area contributed by atoms with Gasteiger partial charge < -0.3 is 15.4 Å². The maximum Gasteiger partial charge on any atom is 0.397 e. The largest absolute Gasteiger partial charge is 0.434 e. The number of amides is 2. The number of dihydropyridines is 1. The van der Waals surface area contributed by atoms with Gasteiger partial charge in [0, 0.05) is 44.0 Å². The van der Waals surface area contributed by atoms with Crippen LogP contribution in [0.5, 0.6) is 0 Å². The molecule has 0 saturated heterocycles. The van der Waals surface area contributed by atoms with Gasteiger partial charge in [0.25, 0.3) is 0 Å². The second kappa shape index (κ2) is 8.88. The number of ether oxygens (including phenoxy) is 1. The molecule has 0 bridgehead atoms. The summed E-state index contributed by atoms with van der Waals surface area (Å²) in [7, 11) is 0. The van der Waals surface area contributed by atoms with E-state index in [0.29, 0.717) is 5.57 Å². The highest BCUT2D eigenvalue weighted by Crippen LogP contribution is 2.30. The third-order valence-electron chi connectivity index (χ3n) is 4.06. The van der Waals surface area contributed by atoms with Crippen LogP contribution in [0.2, 0.25) is 0 Å². The van der Waals surface area contributed by atoms with Crippen LogP contribution >= 0.6 is 0 Å². The van der Waals surface area contributed by atoms with E-state index in [1.165, 1.54) is 38.3 Å². The van der Waals surface area contributed by atoms with Gasteiger partial charge in [-0.05, 0) is 12.2 Å². The Bertz CT molecular complexity index is 701. The van der Waals surface area contributed by atoms with Gasteiger partial charge in [-0.1, -0.05) is 19.1 Å². The summed E-state index contributed by atoms with van der Waals surface area (Å²) < 4.78 is 45.6. The highest BCUT2D eigenvalue weighted by molar-refractivity contribution is 5.98. The number of rotatable bonds is 7. The lowest BCUT2D eigenvalue weighted by Gasteiger charge is -2.27. The lowest BCUT2D eigenvalue weighted by Crippen LogP contribution is -2.39. The van der Waals surface area contributed by atoms with Crippen LogP contribution in [0.15, 0.2) is 40.6 Å². The molecule has 0 radical (unpaired) electrons. The van der Waals surface area contributed by atoms with Gasteiger partial charge in [0.05, 0.1) is 0 Å². The molecule has 0 fully saturated rings. The van der Waals surface area contributed by atoms with Crippen LogP contribution in [0.3, 0.4) is 0 Å². The molecule has 0 saturated carbocycles. The van der Waals surface area contributed by atoms with Gasteiger partial charge in [-0.25, -0.2) is 4.39 Å². The third kappa shape index (κ3) is 5.97. The number of nitrogens with zero attached hydrogens (tertiary/aromatic N) is 1. The first-order chi connectivity index (χ1) is 12.7. The molecule has 2 aliphatic rings. The van der Waals surface area contributed by atoms with Crippen LogP contribution in [0, 0.1) is 5.92 Å². The fourth-order valence-electron chi connectivity index (χ4n) is 2.58. The average molecular weight is 385 g/mol. The minimum Gasteiger partial charge on any atom is -0.434 e. The Kier molecular flexibility index (Phi) is 6.81. The van der Waals surface area contributed by atoms with Gasteiger partial charge in [0.2, 0.25) is 11.8 Å². The van der Waals surface area contributed by atoms with Crippen molar-refractivity contribution in [3.05, 3.63) is 35.6 Å². The molecule has 2 N–H and O–H groups in total. The number of carbonyl (C=O) groups is 2. The second-order valence-corrected chi connectivity index (χ2v) is 6.23. The van der Waals surface area contributed by atoms with Crippen molar-refractivity contribution in [3.63, 3.8) is 0 Å². The van der Waals surface area contributed by atoms with Crippen molar-refractivity contribution in [3.8, 4) is 0 Å². The molecule has 0 spiro atoms. The summed E-state index contributed by atoms with van der Waals surface area (Å²) in [5.74, 6) is -1.99. The number of allylic oxidation sites excluding steroid dienone is 4. The molecule has 0 aromatic heterocycles. The van der Waals surface area contributed by atoms with E-state index in [1.54, 1.807) is 0 Å². The molecule has 1 heterocycles. The molecular formula is C18H22F3N3O3. The Labute approximate surface area is 155 Å². The van der Waals surface area contributed by atoms with E-state index >= 15 is 0 Å². The van der Waals surface area contributed by atoms with E-state index < -0.39 is 42.5 Å². The number of alkyl halides is 3. The van der Waals surface area contributed by atoms with Gasteiger partial charge in [-0.2, -0.15) is 8.78 Å². The maximum atomic E-state index is 14.5. The quantitative estimate of drug-likeness (QED) is 0.706. The molecule has 9 heteroatoms. The van der Waals surface area contributed by atoms with Crippen molar-refractivity contribution < 1.29 is 27.5 Å². The molecule has 0 aromatic rings. The molecular weight excluding hydrogens is 363 g/mol. The smallest absolute Gasteiger partial charge is 0.397 e. The lowest BCUT2D eigenvalue weighted by atomic mass is 9.96. The summed E-state index contributed by atoms with van der Waals surface area (Å²) in [4.78, 5) is 27.4. The highest BCUT2D eigenvalue weighted by Gasteiger charge is 2.35. The Morgan fingerprint density at radius 3 is 2.78 bits per heavy atom. The van der Waals surface area contributed by atoms with Crippen molar-refractivity contribution in [2.75, 3.05) is 6.54 Å². The van der Waals surface area contributed by atoms with Crippen molar-refractivity contribution in [1.82, 2.24) is 10.6 Å². The van der Waals surface area contributed by atoms with Gasteiger partial charge in [0.15, 0.2) is 6.17 Å². The lowest BCUT2D eigenvalue weighted by molar-refractivity contribution is -0.221. The van der Waals surface area contributed by atoms with Crippen LogP contribution in [-0.2, 0) is 14.3 Å². The Hall–Kier alpha value is -2.58. The molecule has 148 valence electrons. The number of hydrogen-bond donors (Lipinski definition) is 2. The van der Waals surface area contributed by atoms with Crippen molar-refractivity contribution in [1.29, 1.82) is 0 Å². The Balaban J connectivity index is 1.89. The molecule has 0 aromatic carbocycles. The first-order valence-corrected chi connectivity index (χ1v) is 8.58. The predicted molar refractivity (Wildman–Crippen MR) is 93.7 cm³/mol. The molecule has 2 amide bonds. The molecule has 27 heavy (non-hydrogen) atoms. The number of aliphatic imine (C=N–C) groups is 1. The molecule has 3 atom stereocenters. The van der Waals surface area contributed by atoms with Crippen molar-refractivity contribution >= 4 is 18.0 Å². The maximum absolute atomic E-state index is 14.5. The summed E-state index contributed by atoms with van der Waals surface area (Å²) in [6, 6.07) is 0. The van der Waals surface area contributed by atoms with Crippen molar-refractivity contribution in [2.24, 2.45) is 10.9 Å². The van der Waals surface area contributed by atoms with E-state index in [1.807, 2.05) is 0 Å². The zero-order chi connectivity index (χ0) is 20.0. The number of nitrogens with one attached hydrogen (secondary N) is 2. The topological polar surface area (TPSA) is 79.8 Å². The van der Waals surface area contributed by atoms with Crippen LogP contribution in [0.1, 0.15) is 26.7 Å². The number of halogens is 3. The van der Waals surface area contributed by atoms with Gasteiger partial charge in [-0.3, -0.25) is 14.6 Å². The van der Waals surface area contributed by atoms with Crippen LogP contribution in [0.4, 0.5) is 13.2 Å². The second-order valence-electron chi connectivity index (χ2n) is 6.23. The Morgan fingerprint density at radius 1 is 1.37 bits per heavy atom. The standard InChI is InChI=1S/C18H22F3N3O3/c1-3-18(20,21)27-14-6-4-5-13(16(14)19)10-23-17(26)12-7-8-22-15(9-12)24-11(2)25/h4-8,13,15-16H,3,9-10H2,1-2H3,(H,23,26)(H,24,25). The van der Waals surface area contributed by atoms with Crippen molar-refractivity contribution in [2.45, 2.75) is 45.1 Å². The normalized spacial score (nSPS) is 24.7. The monoisotopic (exact) mass is 385 g/mol. The summed E-state index contributed by atoms with van der Waals surface area (Å²) in [5, 5.41) is 5.17. The van der Waals surface area contributed by atoms with Crippen LogP contribution in [0.25, 0.3) is 0 Å². The predicted octanol–water partition coefficient (Wildman–Crippen LogP) is 2.39. The average Bonchev–Trinajstić information content (AvgIpc) is 2.61. The van der Waals surface area contributed by atoms with E-state index in [-0.39, 0.29) is 18.9 Å². The molecule has 2 rings (SSSR count). The minimum absolute atomic E-state index is 0.0891. The minimum atomic E-state index is -3.44. The molecule has 1 aliphatic carbocycles. The summed E-state index contributed by atoms with van der Waals surface area (Å²) >= 11 is 0. The van der Waals surface area contributed by atoms with E-state index in [4.69, 9.17) is 0 Å². The van der Waals surface area contributed by atoms with Gasteiger partial charge in [0.1, 0.15) is 11.9 Å². The Morgan fingerprint density at radius 2 is 2.11 bits per heavy atom. The SMILES string of the molecule is CCC(F)(F)OC1=CC=CC(CNC(=O)C2=CC=NC(NC(C)=O)C2)C1F. The third-order valence-corrected chi connectivity index (χ3v) is 4.06. The highest BCUT2D eigenvalue weighted by atomic mass is 19.3. The van der Waals surface area contributed by atoms with E-state index in [0.717, 1.165) is 6.08 Å². The molecule has 1 aliphatic heterocycles. The number of carbonyl (C=O) groups excluding carboxylic acids is 2. The van der Waals surface area contributed by atoms with Crippen LogP contribution < -0.4 is 10.6 Å². The van der Waals surface area contributed by atoms with E-state index in [9.17, 15) is 22.8 Å². The summed E-state index contributed by atoms with van der Waals surface area (Å²) in [5.41, 5.74) is 0.378. The summed E-state index contributed by atoms with van der Waals surface area (Å²) in [6.45, 7) is 2.49.